The van der Waals surface area contributed by atoms with E-state index in [1.807, 2.05) is 29.1 Å². The molecule has 0 bridgehead atoms. The topological polar surface area (TPSA) is 63.4 Å². The third-order valence-electron chi connectivity index (χ3n) is 7.12. The number of hydrogen-bond acceptors (Lipinski definition) is 6. The molecule has 0 unspecified atom stereocenters. The van der Waals surface area contributed by atoms with Crippen LogP contribution in [-0.2, 0) is 49.1 Å². The summed E-state index contributed by atoms with van der Waals surface area (Å²) in [5, 5.41) is 14.2. The number of nitrogens with zero attached hydrogens (tertiary/aromatic N) is 4. The highest BCUT2D eigenvalue weighted by atomic mass is 32.1. The highest BCUT2D eigenvalue weighted by Crippen LogP contribution is 2.51. The lowest BCUT2D eigenvalue weighted by atomic mass is 9.81. The lowest BCUT2D eigenvalue weighted by molar-refractivity contribution is -0.135. The van der Waals surface area contributed by atoms with E-state index < -0.39 is 23.3 Å². The zero-order valence-electron chi connectivity index (χ0n) is 19.6. The molecule has 0 amide bonds. The number of aryl methyl sites for hydroxylation is 2. The fourth-order valence-electron chi connectivity index (χ4n) is 5.39. The number of hydrogen-bond donors (Lipinski definition) is 1. The molecule has 1 saturated heterocycles. The highest BCUT2D eigenvalue weighted by Gasteiger charge is 2.48. The van der Waals surface area contributed by atoms with Crippen molar-refractivity contribution in [2.24, 2.45) is 0 Å². The third kappa shape index (κ3) is 4.89. The minimum atomic E-state index is -4.47. The van der Waals surface area contributed by atoms with E-state index in [0.717, 1.165) is 42.1 Å². The van der Waals surface area contributed by atoms with Crippen molar-refractivity contribution >= 4 is 11.3 Å². The second kappa shape index (κ2) is 9.65. The molecule has 0 radical (unpaired) electrons. The van der Waals surface area contributed by atoms with Crippen molar-refractivity contribution in [1.82, 2.24) is 19.7 Å². The number of halogens is 3. The summed E-state index contributed by atoms with van der Waals surface area (Å²) in [7, 11) is 0. The average Bonchev–Trinajstić information content (AvgIpc) is 3.45. The molecule has 0 saturated carbocycles. The first-order valence-electron chi connectivity index (χ1n) is 11.9. The number of thiophene rings is 1. The number of alkyl halides is 3. The number of aromatic nitrogens is 3. The van der Waals surface area contributed by atoms with Gasteiger partial charge in [-0.3, -0.25) is 14.6 Å². The van der Waals surface area contributed by atoms with E-state index in [1.54, 1.807) is 6.20 Å². The van der Waals surface area contributed by atoms with Crippen LogP contribution in [0.2, 0.25) is 0 Å². The van der Waals surface area contributed by atoms with Gasteiger partial charge in [0.05, 0.1) is 19.4 Å². The van der Waals surface area contributed by atoms with Gasteiger partial charge in [-0.05, 0) is 43.9 Å². The first kappa shape index (κ1) is 24.4. The first-order valence-corrected chi connectivity index (χ1v) is 12.7. The van der Waals surface area contributed by atoms with Gasteiger partial charge >= 0.3 is 6.18 Å². The predicted molar refractivity (Wildman–Crippen MR) is 126 cm³/mol. The Morgan fingerprint density at radius 1 is 1.31 bits per heavy atom. The zero-order chi connectivity index (χ0) is 24.6. The number of fused-ring (bicyclic) bond motifs is 2. The van der Waals surface area contributed by atoms with Crippen molar-refractivity contribution < 1.29 is 23.0 Å². The molecule has 1 N–H and O–H groups in total. The second-order valence-corrected chi connectivity index (χ2v) is 10.4. The van der Waals surface area contributed by atoms with Crippen LogP contribution in [0.1, 0.15) is 51.9 Å². The van der Waals surface area contributed by atoms with Crippen LogP contribution >= 0.6 is 11.3 Å². The molecule has 3 aromatic heterocycles. The predicted octanol–water partition coefficient (Wildman–Crippen LogP) is 4.55. The van der Waals surface area contributed by atoms with Gasteiger partial charge in [-0.15, -0.1) is 11.3 Å². The van der Waals surface area contributed by atoms with E-state index in [0.29, 0.717) is 42.9 Å². The molecule has 2 aliphatic rings. The summed E-state index contributed by atoms with van der Waals surface area (Å²) in [6.07, 6.45) is 3.72. The van der Waals surface area contributed by atoms with Gasteiger partial charge in [0.15, 0.2) is 0 Å². The summed E-state index contributed by atoms with van der Waals surface area (Å²) in [6.45, 7) is 4.09. The van der Waals surface area contributed by atoms with Crippen molar-refractivity contribution in [2.45, 2.75) is 70.1 Å². The minimum absolute atomic E-state index is 0.0355. The van der Waals surface area contributed by atoms with Gasteiger partial charge in [-0.25, -0.2) is 0 Å². The minimum Gasteiger partial charge on any atom is -0.392 e. The molecule has 6 nitrogen and oxygen atoms in total. The highest BCUT2D eigenvalue weighted by molar-refractivity contribution is 7.12. The molecule has 10 heteroatoms. The Morgan fingerprint density at radius 3 is 2.89 bits per heavy atom. The molecule has 3 aromatic rings. The van der Waals surface area contributed by atoms with E-state index in [9.17, 15) is 18.3 Å². The molecule has 2 atom stereocenters. The van der Waals surface area contributed by atoms with Crippen molar-refractivity contribution in [3.05, 3.63) is 68.9 Å². The molecule has 0 aromatic carbocycles. The zero-order valence-corrected chi connectivity index (χ0v) is 20.4. The summed E-state index contributed by atoms with van der Waals surface area (Å²) in [5.41, 5.74) is 2.10. The van der Waals surface area contributed by atoms with Gasteiger partial charge in [0.1, 0.15) is 10.5 Å². The van der Waals surface area contributed by atoms with Crippen LogP contribution in [0.4, 0.5) is 13.2 Å². The molecule has 5 heterocycles. The summed E-state index contributed by atoms with van der Waals surface area (Å²) < 4.78 is 49.1. The molecule has 1 fully saturated rings. The van der Waals surface area contributed by atoms with E-state index in [-0.39, 0.29) is 11.6 Å². The Labute approximate surface area is 206 Å². The van der Waals surface area contributed by atoms with Gasteiger partial charge in [0.25, 0.3) is 0 Å². The van der Waals surface area contributed by atoms with Crippen LogP contribution in [0.15, 0.2) is 36.8 Å². The number of pyridine rings is 1. The molecule has 5 rings (SSSR count). The summed E-state index contributed by atoms with van der Waals surface area (Å²) in [4.78, 5) is 6.68. The molecule has 0 aliphatic carbocycles. The SMILES string of the molecule is C[C@H]1C[C@@]2(CCN1Cc1cnn(CCc3ccccn3)c1)OCCc1c2sc(C(F)(F)F)c1CO. The number of likely N-dealkylation sites (tertiary alicyclic amines) is 1. The Balaban J connectivity index is 1.27. The van der Waals surface area contributed by atoms with Gasteiger partial charge in [0.2, 0.25) is 0 Å². The number of aliphatic hydroxyl groups excluding tert-OH is 1. The summed E-state index contributed by atoms with van der Waals surface area (Å²) in [5.74, 6) is 0. The molecule has 2 aliphatic heterocycles. The van der Waals surface area contributed by atoms with E-state index in [4.69, 9.17) is 4.74 Å². The van der Waals surface area contributed by atoms with Crippen molar-refractivity contribution in [3.63, 3.8) is 0 Å². The van der Waals surface area contributed by atoms with E-state index in [1.165, 1.54) is 0 Å². The maximum atomic E-state index is 13.7. The maximum absolute atomic E-state index is 13.7. The lowest BCUT2D eigenvalue weighted by Gasteiger charge is -2.47. The molecular weight excluding hydrogens is 477 g/mol. The smallest absolute Gasteiger partial charge is 0.392 e. The summed E-state index contributed by atoms with van der Waals surface area (Å²) in [6, 6.07) is 6.01. The van der Waals surface area contributed by atoms with Crippen molar-refractivity contribution in [2.75, 3.05) is 13.2 Å². The van der Waals surface area contributed by atoms with Crippen molar-refractivity contribution in [3.8, 4) is 0 Å². The standard InChI is InChI=1S/C25H29F3N4O2S/c1-17-12-24(22-20(6-11-34-24)21(16-33)23(35-22)25(26,27)28)7-10-31(17)14-18-13-30-32(15-18)9-5-19-4-2-3-8-29-19/h2-4,8,13,15,17,33H,5-7,9-12,14,16H2,1H3/t17-,24+/m0/s1. The van der Waals surface area contributed by atoms with Crippen molar-refractivity contribution in [1.29, 1.82) is 0 Å². The Morgan fingerprint density at radius 2 is 2.17 bits per heavy atom. The van der Waals surface area contributed by atoms with Crippen LogP contribution in [0, 0.1) is 0 Å². The molecule has 188 valence electrons. The molecule has 35 heavy (non-hydrogen) atoms. The van der Waals surface area contributed by atoms with Gasteiger partial charge in [-0.1, -0.05) is 6.07 Å². The number of piperidine rings is 1. The van der Waals surface area contributed by atoms with Gasteiger partial charge in [-0.2, -0.15) is 18.3 Å². The number of aliphatic hydroxyl groups is 1. The number of rotatable bonds is 6. The van der Waals surface area contributed by atoms with E-state index in [2.05, 4.69) is 28.1 Å². The first-order chi connectivity index (χ1) is 16.8. The van der Waals surface area contributed by atoms with E-state index >= 15 is 0 Å². The quantitative estimate of drug-likeness (QED) is 0.532. The Bertz CT molecular complexity index is 1160. The van der Waals surface area contributed by atoms with Crippen LogP contribution < -0.4 is 0 Å². The van der Waals surface area contributed by atoms with Crippen LogP contribution in [0.5, 0.6) is 0 Å². The normalized spacial score (nSPS) is 23.1. The van der Waals surface area contributed by atoms with Crippen LogP contribution in [0.3, 0.4) is 0 Å². The monoisotopic (exact) mass is 506 g/mol. The average molecular weight is 507 g/mol. The molecule has 1 spiro atoms. The fraction of sp³-hybridized carbons (Fsp3) is 0.520. The lowest BCUT2D eigenvalue weighted by Crippen LogP contribution is -2.50. The van der Waals surface area contributed by atoms with Gasteiger partial charge < -0.3 is 9.84 Å². The van der Waals surface area contributed by atoms with Crippen LogP contribution in [0.25, 0.3) is 0 Å². The second-order valence-electron chi connectivity index (χ2n) is 9.42. The largest absolute Gasteiger partial charge is 0.425 e. The Hall–Kier alpha value is -2.27. The third-order valence-corrected chi connectivity index (χ3v) is 8.63. The number of ether oxygens (including phenoxy) is 1. The fourth-order valence-corrected chi connectivity index (χ4v) is 6.80. The summed E-state index contributed by atoms with van der Waals surface area (Å²) >= 11 is 0.766. The van der Waals surface area contributed by atoms with Crippen LogP contribution in [-0.4, -0.2) is 44.0 Å². The maximum Gasteiger partial charge on any atom is 0.425 e. The Kier molecular flexibility index (Phi) is 6.73. The molecular formula is C25H29F3N4O2S. The van der Waals surface area contributed by atoms with Gasteiger partial charge in [0, 0.05) is 66.2 Å².